The van der Waals surface area contributed by atoms with Crippen LogP contribution in [0.25, 0.3) is 10.8 Å². The summed E-state index contributed by atoms with van der Waals surface area (Å²) in [6.07, 6.45) is 0. The number of rotatable bonds is 9. The van der Waals surface area contributed by atoms with E-state index in [0.717, 1.165) is 10.8 Å². The lowest BCUT2D eigenvalue weighted by Gasteiger charge is -2.30. The van der Waals surface area contributed by atoms with Gasteiger partial charge in [-0.2, -0.15) is 0 Å². The molecule has 0 fully saturated rings. The Morgan fingerprint density at radius 3 is 1.68 bits per heavy atom. The molecule has 0 N–H and O–H groups in total. The minimum absolute atomic E-state index is 0.131. The Labute approximate surface area is 165 Å². The highest BCUT2D eigenvalue weighted by atomic mass is 28.4. The second-order valence-corrected chi connectivity index (χ2v) is 8.80. The second kappa shape index (κ2) is 8.79. The topological polar surface area (TPSA) is 66.8 Å². The summed E-state index contributed by atoms with van der Waals surface area (Å²) >= 11 is 0. The molecule has 7 heteroatoms. The molecule has 2 aromatic carbocycles. The van der Waals surface area contributed by atoms with Crippen LogP contribution >= 0.6 is 0 Å². The number of aromatic nitrogens is 1. The molecule has 0 unspecified atom stereocenters. The molecule has 0 aliphatic heterocycles. The predicted octanol–water partition coefficient (Wildman–Crippen LogP) is 2.10. The number of hydrogen-bond donors (Lipinski definition) is 0. The van der Waals surface area contributed by atoms with E-state index in [0.29, 0.717) is 30.6 Å². The van der Waals surface area contributed by atoms with Crippen molar-refractivity contribution in [2.24, 2.45) is 0 Å². The van der Waals surface area contributed by atoms with Gasteiger partial charge in [0.25, 0.3) is 11.1 Å². The third-order valence-electron chi connectivity index (χ3n) is 4.55. The van der Waals surface area contributed by atoms with Crippen LogP contribution in [0.2, 0.25) is 0 Å². The first-order valence-corrected chi connectivity index (χ1v) is 11.2. The smallest absolute Gasteiger partial charge is 0.370 e. The van der Waals surface area contributed by atoms with Crippen LogP contribution < -0.4 is 16.3 Å². The molecule has 148 valence electrons. The van der Waals surface area contributed by atoms with Gasteiger partial charge in [-0.05, 0) is 50.6 Å². The molecule has 2 bridgehead atoms. The van der Waals surface area contributed by atoms with Crippen LogP contribution in [-0.4, -0.2) is 33.2 Å². The minimum Gasteiger partial charge on any atom is -0.370 e. The van der Waals surface area contributed by atoms with Crippen molar-refractivity contribution in [3.05, 3.63) is 74.8 Å². The largest absolute Gasteiger partial charge is 0.537 e. The standard InChI is InChI=1S/C21H25NO5Si/c1-4-25-28(26-5-2,27-6-3)19-10-8-7-9-18(19)15-22-20(23)16-11-12-17(14-13-16)21(22)24/h7-14H,4-6,15H2,1-3H3. The third-order valence-corrected chi connectivity index (χ3v) is 7.70. The van der Waals surface area contributed by atoms with Gasteiger partial charge in [-0.25, -0.2) is 0 Å². The number of fused-ring (bicyclic) bond motifs is 4. The molecule has 0 radical (unpaired) electrons. The lowest BCUT2D eigenvalue weighted by molar-refractivity contribution is 0.0857. The lowest BCUT2D eigenvalue weighted by atomic mass is 10.2. The lowest BCUT2D eigenvalue weighted by Crippen LogP contribution is -2.58. The van der Waals surface area contributed by atoms with Crippen molar-refractivity contribution in [2.45, 2.75) is 27.3 Å². The van der Waals surface area contributed by atoms with Crippen LogP contribution in [0.4, 0.5) is 0 Å². The fourth-order valence-corrected chi connectivity index (χ4v) is 6.07. The number of nitrogens with zero attached hydrogens (tertiary/aromatic N) is 1. The maximum absolute atomic E-state index is 12.8. The van der Waals surface area contributed by atoms with E-state index in [1.165, 1.54) is 4.57 Å². The van der Waals surface area contributed by atoms with Crippen molar-refractivity contribution >= 4 is 24.8 Å². The second-order valence-electron chi connectivity index (χ2n) is 6.29. The van der Waals surface area contributed by atoms with E-state index in [4.69, 9.17) is 13.3 Å². The molecule has 6 nitrogen and oxygen atoms in total. The Morgan fingerprint density at radius 2 is 1.21 bits per heavy atom. The zero-order chi connectivity index (χ0) is 20.1. The summed E-state index contributed by atoms with van der Waals surface area (Å²) < 4.78 is 19.4. The Morgan fingerprint density at radius 1 is 0.750 bits per heavy atom. The summed E-state index contributed by atoms with van der Waals surface area (Å²) in [7, 11) is -3.17. The first-order valence-electron chi connectivity index (χ1n) is 9.52. The molecule has 0 spiro atoms. The van der Waals surface area contributed by atoms with Crippen molar-refractivity contribution < 1.29 is 13.3 Å². The molecule has 0 saturated heterocycles. The van der Waals surface area contributed by atoms with E-state index < -0.39 is 8.80 Å². The van der Waals surface area contributed by atoms with Gasteiger partial charge in [0.1, 0.15) is 0 Å². The highest BCUT2D eigenvalue weighted by Gasteiger charge is 2.44. The van der Waals surface area contributed by atoms with Crippen LogP contribution in [0.1, 0.15) is 26.3 Å². The van der Waals surface area contributed by atoms with E-state index in [1.807, 2.05) is 45.0 Å². The van der Waals surface area contributed by atoms with Crippen molar-refractivity contribution in [1.29, 1.82) is 0 Å². The summed E-state index contributed by atoms with van der Waals surface area (Å²) in [5.74, 6) is 0. The molecular weight excluding hydrogens is 374 g/mol. The highest BCUT2D eigenvalue weighted by molar-refractivity contribution is 6.75. The van der Waals surface area contributed by atoms with Gasteiger partial charge in [0.15, 0.2) is 0 Å². The average molecular weight is 400 g/mol. The molecule has 0 aliphatic rings. The van der Waals surface area contributed by atoms with Crippen molar-refractivity contribution in [3.63, 3.8) is 0 Å². The first kappa shape index (κ1) is 20.4. The van der Waals surface area contributed by atoms with Gasteiger partial charge in [0.2, 0.25) is 0 Å². The summed E-state index contributed by atoms with van der Waals surface area (Å²) in [5, 5.41) is 1.78. The number of benzene rings is 2. The maximum atomic E-state index is 12.8. The molecule has 4 rings (SSSR count). The molecule has 0 amide bonds. The van der Waals surface area contributed by atoms with E-state index >= 15 is 0 Å². The predicted molar refractivity (Wildman–Crippen MR) is 111 cm³/mol. The summed E-state index contributed by atoms with van der Waals surface area (Å²) in [6, 6.07) is 14.3. The van der Waals surface area contributed by atoms with Crippen LogP contribution in [0, 0.1) is 0 Å². The zero-order valence-electron chi connectivity index (χ0n) is 16.4. The average Bonchev–Trinajstić information content (AvgIpc) is 2.88. The minimum atomic E-state index is -3.17. The van der Waals surface area contributed by atoms with Crippen molar-refractivity contribution in [2.75, 3.05) is 19.8 Å². The summed E-state index contributed by atoms with van der Waals surface area (Å²) in [5.41, 5.74) is 0.168. The summed E-state index contributed by atoms with van der Waals surface area (Å²) in [4.78, 5) is 25.7. The van der Waals surface area contributed by atoms with Gasteiger partial charge < -0.3 is 13.3 Å². The summed E-state index contributed by atoms with van der Waals surface area (Å²) in [6.45, 7) is 7.13. The molecule has 4 aromatic rings. The monoisotopic (exact) mass is 399 g/mol. The quantitative estimate of drug-likeness (QED) is 0.516. The van der Waals surface area contributed by atoms with E-state index in [1.54, 1.807) is 24.3 Å². The molecule has 2 aromatic heterocycles. The van der Waals surface area contributed by atoms with E-state index in [-0.39, 0.29) is 17.7 Å². The van der Waals surface area contributed by atoms with Gasteiger partial charge >= 0.3 is 8.80 Å². The molecular formula is C21H25NO5Si. The normalized spacial score (nSPS) is 12.0. The Bertz CT molecular complexity index is 964. The fourth-order valence-electron chi connectivity index (χ4n) is 3.36. The fraction of sp³-hybridized carbons (Fsp3) is 0.333. The van der Waals surface area contributed by atoms with Crippen molar-refractivity contribution in [1.82, 2.24) is 4.57 Å². The Kier molecular flexibility index (Phi) is 6.41. The molecule has 2 heterocycles. The third kappa shape index (κ3) is 3.79. The molecule has 0 aliphatic carbocycles. The van der Waals surface area contributed by atoms with Gasteiger partial charge in [-0.1, -0.05) is 24.3 Å². The highest BCUT2D eigenvalue weighted by Crippen LogP contribution is 2.14. The van der Waals surface area contributed by atoms with Gasteiger partial charge in [-0.15, -0.1) is 0 Å². The first-order chi connectivity index (χ1) is 13.6. The number of hydrogen-bond acceptors (Lipinski definition) is 5. The Hall–Kier alpha value is -2.32. The van der Waals surface area contributed by atoms with E-state index in [9.17, 15) is 9.59 Å². The Balaban J connectivity index is 2.16. The van der Waals surface area contributed by atoms with Crippen LogP contribution in [-0.2, 0) is 19.8 Å². The molecule has 0 saturated carbocycles. The van der Waals surface area contributed by atoms with E-state index in [2.05, 4.69) is 0 Å². The molecule has 0 atom stereocenters. The van der Waals surface area contributed by atoms with Gasteiger partial charge in [-0.3, -0.25) is 14.2 Å². The van der Waals surface area contributed by atoms with Crippen LogP contribution in [0.15, 0.2) is 58.1 Å². The zero-order valence-corrected chi connectivity index (χ0v) is 17.4. The molecule has 28 heavy (non-hydrogen) atoms. The van der Waals surface area contributed by atoms with Crippen LogP contribution in [0.3, 0.4) is 0 Å². The van der Waals surface area contributed by atoms with Gasteiger partial charge in [0, 0.05) is 35.8 Å². The van der Waals surface area contributed by atoms with Gasteiger partial charge in [0.05, 0.1) is 6.54 Å². The van der Waals surface area contributed by atoms with Crippen LogP contribution in [0.5, 0.6) is 0 Å². The SMILES string of the molecule is CCO[Si](OCC)(OCC)c1ccccc1Cn1c(=O)c2ccc(cc2)c1=O. The maximum Gasteiger partial charge on any atom is 0.537 e. The van der Waals surface area contributed by atoms with Crippen molar-refractivity contribution in [3.8, 4) is 0 Å².